The van der Waals surface area contributed by atoms with Crippen LogP contribution < -0.4 is 9.62 Å². The Bertz CT molecular complexity index is 1700. The molecule has 1 fully saturated rings. The minimum Gasteiger partial charge on any atom is -0.455 e. The van der Waals surface area contributed by atoms with Gasteiger partial charge in [-0.15, -0.1) is 0 Å². The number of fused-ring (bicyclic) bond motifs is 1. The van der Waals surface area contributed by atoms with E-state index in [9.17, 15) is 18.5 Å². The van der Waals surface area contributed by atoms with E-state index in [-0.39, 0.29) is 11.8 Å². The Morgan fingerprint density at radius 2 is 1.86 bits per heavy atom. The number of carbonyl (C=O) groups is 1. The van der Waals surface area contributed by atoms with E-state index in [2.05, 4.69) is 27.3 Å². The van der Waals surface area contributed by atoms with E-state index in [1.54, 1.807) is 49.5 Å². The summed E-state index contributed by atoms with van der Waals surface area (Å²) in [5.41, 5.74) is 3.28. The van der Waals surface area contributed by atoms with Crippen LogP contribution in [0.5, 0.6) is 0 Å². The van der Waals surface area contributed by atoms with E-state index in [0.717, 1.165) is 24.7 Å². The Morgan fingerprint density at radius 3 is 2.46 bits per heavy atom. The molecule has 188 valence electrons. The average molecular weight is 599 g/mol. The van der Waals surface area contributed by atoms with Crippen LogP contribution in [-0.4, -0.2) is 27.6 Å². The monoisotopic (exact) mass is 597 g/mol. The van der Waals surface area contributed by atoms with Gasteiger partial charge in [-0.05, 0) is 88.8 Å². The van der Waals surface area contributed by atoms with Crippen molar-refractivity contribution in [2.45, 2.75) is 18.8 Å². The van der Waals surface area contributed by atoms with Crippen molar-refractivity contribution in [2.75, 3.05) is 17.6 Å². The summed E-state index contributed by atoms with van der Waals surface area (Å²) >= 11 is 9.40. The maximum absolute atomic E-state index is 13.2. The summed E-state index contributed by atoms with van der Waals surface area (Å²) in [6.45, 7) is 0. The Labute approximate surface area is 227 Å². The van der Waals surface area contributed by atoms with Crippen molar-refractivity contribution in [3.05, 3.63) is 80.8 Å². The van der Waals surface area contributed by atoms with E-state index >= 15 is 0 Å². The van der Waals surface area contributed by atoms with Crippen LogP contribution in [0.1, 0.15) is 40.2 Å². The maximum Gasteiger partial charge on any atom is 0.255 e. The summed E-state index contributed by atoms with van der Waals surface area (Å²) in [7, 11) is -2.26. The Morgan fingerprint density at radius 1 is 1.16 bits per heavy atom. The zero-order valence-corrected chi connectivity index (χ0v) is 23.0. The lowest BCUT2D eigenvalue weighted by Crippen LogP contribution is -2.26. The lowest BCUT2D eigenvalue weighted by Gasteiger charge is -2.25. The summed E-state index contributed by atoms with van der Waals surface area (Å²) in [6, 6.07) is 17.4. The summed E-state index contributed by atoms with van der Waals surface area (Å²) in [5.74, 6) is 0.192. The molecule has 1 aliphatic rings. The maximum atomic E-state index is 13.2. The van der Waals surface area contributed by atoms with Crippen molar-refractivity contribution in [3.63, 3.8) is 0 Å². The van der Waals surface area contributed by atoms with Gasteiger partial charge in [0.1, 0.15) is 17.4 Å². The van der Waals surface area contributed by atoms with Crippen LogP contribution in [0.2, 0.25) is 5.02 Å². The zero-order valence-electron chi connectivity index (χ0n) is 19.9. The molecule has 0 spiro atoms. The molecule has 1 N–H and O–H groups in total. The van der Waals surface area contributed by atoms with Gasteiger partial charge in [0.15, 0.2) is 0 Å². The second-order valence-electron chi connectivity index (χ2n) is 8.88. The number of sulfonamides is 1. The van der Waals surface area contributed by atoms with Crippen LogP contribution in [-0.2, 0) is 10.0 Å². The lowest BCUT2D eigenvalue weighted by atomic mass is 10.00. The van der Waals surface area contributed by atoms with Crippen LogP contribution in [0, 0.1) is 11.3 Å². The van der Waals surface area contributed by atoms with Crippen molar-refractivity contribution in [1.82, 2.24) is 5.32 Å². The van der Waals surface area contributed by atoms with Crippen molar-refractivity contribution in [1.29, 1.82) is 5.26 Å². The number of nitrogens with one attached hydrogen (secondary N) is 1. The first-order chi connectivity index (χ1) is 17.6. The number of hydrogen-bond donors (Lipinski definition) is 1. The predicted molar refractivity (Wildman–Crippen MR) is 148 cm³/mol. The normalized spacial score (nSPS) is 13.4. The summed E-state index contributed by atoms with van der Waals surface area (Å²) < 4.78 is 34.3. The molecular formula is C27H21BrClN3O4S. The molecule has 0 aliphatic heterocycles. The minimum absolute atomic E-state index is 0.140. The van der Waals surface area contributed by atoms with Crippen LogP contribution in [0.3, 0.4) is 0 Å². The molecule has 10 heteroatoms. The van der Waals surface area contributed by atoms with Crippen molar-refractivity contribution < 1.29 is 17.6 Å². The number of anilines is 2. The molecule has 1 aromatic heterocycles. The van der Waals surface area contributed by atoms with Gasteiger partial charge >= 0.3 is 0 Å². The number of benzene rings is 3. The molecule has 1 saturated carbocycles. The third-order valence-electron chi connectivity index (χ3n) is 6.27. The smallest absolute Gasteiger partial charge is 0.255 e. The molecule has 1 aliphatic carbocycles. The van der Waals surface area contributed by atoms with Gasteiger partial charge < -0.3 is 9.73 Å². The topological polar surface area (TPSA) is 103 Å². The number of amides is 1. The molecule has 4 aromatic rings. The SMILES string of the molecule is CNC(=O)c1c(-c2ccc(Cl)cc2)oc2cc(N(c3ccc(Br)c(C#N)c3)S(C)(=O)=O)c(C3CC3)cc12. The van der Waals surface area contributed by atoms with Crippen LogP contribution in [0.15, 0.2) is 63.5 Å². The van der Waals surface area contributed by atoms with Gasteiger partial charge in [0.25, 0.3) is 5.91 Å². The first-order valence-corrected chi connectivity index (χ1v) is 14.4. The van der Waals surface area contributed by atoms with E-state index in [4.69, 9.17) is 16.0 Å². The van der Waals surface area contributed by atoms with Gasteiger partial charge in [-0.1, -0.05) is 11.6 Å². The quantitative estimate of drug-likeness (QED) is 0.265. The highest BCUT2D eigenvalue weighted by Gasteiger charge is 2.34. The molecule has 0 radical (unpaired) electrons. The molecule has 1 amide bonds. The van der Waals surface area contributed by atoms with Gasteiger partial charge in [-0.3, -0.25) is 4.79 Å². The highest BCUT2D eigenvalue weighted by Crippen LogP contribution is 2.49. The molecule has 1 heterocycles. The van der Waals surface area contributed by atoms with Gasteiger partial charge in [-0.25, -0.2) is 12.7 Å². The number of nitriles is 1. The van der Waals surface area contributed by atoms with E-state index in [1.165, 1.54) is 10.4 Å². The second kappa shape index (κ2) is 9.53. The van der Waals surface area contributed by atoms with Crippen molar-refractivity contribution in [2.24, 2.45) is 0 Å². The third-order valence-corrected chi connectivity index (χ3v) is 8.28. The fraction of sp³-hybridized carbons (Fsp3) is 0.185. The first kappa shape index (κ1) is 25.3. The zero-order chi connectivity index (χ0) is 26.5. The number of halogens is 2. The molecule has 5 rings (SSSR count). The predicted octanol–water partition coefficient (Wildman–Crippen LogP) is 6.72. The Kier molecular flexibility index (Phi) is 6.52. The number of furan rings is 1. The molecule has 0 saturated heterocycles. The molecule has 37 heavy (non-hydrogen) atoms. The highest BCUT2D eigenvalue weighted by atomic mass is 79.9. The molecule has 0 unspecified atom stereocenters. The van der Waals surface area contributed by atoms with Crippen molar-refractivity contribution >= 4 is 65.8 Å². The molecule has 7 nitrogen and oxygen atoms in total. The average Bonchev–Trinajstić information content (AvgIpc) is 3.64. The van der Waals surface area contributed by atoms with Gasteiger partial charge in [0, 0.05) is 33.6 Å². The van der Waals surface area contributed by atoms with E-state index < -0.39 is 10.0 Å². The molecular weight excluding hydrogens is 578 g/mol. The number of hydrogen-bond acceptors (Lipinski definition) is 5. The first-order valence-electron chi connectivity index (χ1n) is 11.4. The number of rotatable bonds is 6. The second-order valence-corrected chi connectivity index (χ2v) is 12.0. The molecule has 0 atom stereocenters. The summed E-state index contributed by atoms with van der Waals surface area (Å²) in [5, 5.41) is 13.3. The Balaban J connectivity index is 1.80. The van der Waals surface area contributed by atoms with Gasteiger partial charge in [-0.2, -0.15) is 5.26 Å². The fourth-order valence-corrected chi connectivity index (χ4v) is 5.91. The summed E-state index contributed by atoms with van der Waals surface area (Å²) in [6.07, 6.45) is 2.92. The standard InChI is InChI=1S/C27H21BrClN3O4S/c1-31-27(33)25-21-12-20(15-3-4-15)23(13-24(21)36-26(25)16-5-7-18(29)8-6-16)32(37(2,34)35)19-9-10-22(28)17(11-19)14-30/h5-13,15H,3-4H2,1-2H3,(H,31,33). The number of nitrogens with zero attached hydrogens (tertiary/aromatic N) is 2. The van der Waals surface area contributed by atoms with Gasteiger partial charge in [0.2, 0.25) is 10.0 Å². The highest BCUT2D eigenvalue weighted by molar-refractivity contribution is 9.10. The van der Waals surface area contributed by atoms with Crippen LogP contribution in [0.25, 0.3) is 22.3 Å². The lowest BCUT2D eigenvalue weighted by molar-refractivity contribution is 0.0964. The van der Waals surface area contributed by atoms with Gasteiger partial charge in [0.05, 0.1) is 28.8 Å². The van der Waals surface area contributed by atoms with Crippen LogP contribution in [0.4, 0.5) is 11.4 Å². The third kappa shape index (κ3) is 4.73. The van der Waals surface area contributed by atoms with E-state index in [1.807, 2.05) is 6.07 Å². The largest absolute Gasteiger partial charge is 0.455 e. The van der Waals surface area contributed by atoms with Crippen molar-refractivity contribution in [3.8, 4) is 17.4 Å². The van der Waals surface area contributed by atoms with E-state index in [0.29, 0.717) is 54.3 Å². The Hall–Kier alpha value is -3.32. The fourth-order valence-electron chi connectivity index (χ4n) is 4.44. The molecule has 3 aromatic carbocycles. The van der Waals surface area contributed by atoms with Crippen LogP contribution >= 0.6 is 27.5 Å². The molecule has 0 bridgehead atoms. The number of carbonyl (C=O) groups excluding carboxylic acids is 1. The minimum atomic E-state index is -3.81. The summed E-state index contributed by atoms with van der Waals surface area (Å²) in [4.78, 5) is 13.0.